The molecule has 0 aliphatic heterocycles. The monoisotopic (exact) mass is 304 g/mol. The third-order valence-electron chi connectivity index (χ3n) is 3.97. The van der Waals surface area contributed by atoms with Crippen LogP contribution in [-0.2, 0) is 0 Å². The molecule has 0 aliphatic carbocycles. The summed E-state index contributed by atoms with van der Waals surface area (Å²) < 4.78 is 1.08. The van der Waals surface area contributed by atoms with E-state index in [1.807, 2.05) is 24.8 Å². The van der Waals surface area contributed by atoms with E-state index in [9.17, 15) is 4.79 Å². The van der Waals surface area contributed by atoms with Crippen molar-refractivity contribution >= 4 is 33.0 Å². The maximum Gasteiger partial charge on any atom is 0.266 e. The molecule has 0 fully saturated rings. The molecule has 1 amide bonds. The van der Waals surface area contributed by atoms with Gasteiger partial charge in [0.1, 0.15) is 4.88 Å². The highest BCUT2D eigenvalue weighted by molar-refractivity contribution is 7.21. The molecule has 114 valence electrons. The van der Waals surface area contributed by atoms with Gasteiger partial charge in [-0.05, 0) is 31.9 Å². The van der Waals surface area contributed by atoms with Crippen LogP contribution >= 0.6 is 11.3 Å². The first kappa shape index (κ1) is 15.8. The molecule has 1 aromatic carbocycles. The minimum atomic E-state index is 0.0640. The van der Waals surface area contributed by atoms with Crippen molar-refractivity contribution in [1.82, 2.24) is 4.90 Å². The van der Waals surface area contributed by atoms with Gasteiger partial charge < -0.3 is 10.6 Å². The first-order chi connectivity index (χ1) is 9.97. The van der Waals surface area contributed by atoms with Crippen molar-refractivity contribution in [2.45, 2.75) is 34.1 Å². The normalized spacial score (nSPS) is 12.6. The van der Waals surface area contributed by atoms with Crippen LogP contribution in [0.4, 0.5) is 5.69 Å². The Morgan fingerprint density at radius 1 is 1.38 bits per heavy atom. The van der Waals surface area contributed by atoms with Crippen LogP contribution in [0.25, 0.3) is 10.1 Å². The number of carbonyl (C=O) groups is 1. The summed E-state index contributed by atoms with van der Waals surface area (Å²) in [6, 6.07) is 6.17. The van der Waals surface area contributed by atoms with E-state index >= 15 is 0 Å². The number of hydrogen-bond donors (Lipinski definition) is 1. The maximum atomic E-state index is 12.8. The lowest BCUT2D eigenvalue weighted by molar-refractivity contribution is 0.0747. The summed E-state index contributed by atoms with van der Waals surface area (Å²) in [5.74, 6) is 0.570. The molecule has 1 heterocycles. The van der Waals surface area contributed by atoms with Crippen molar-refractivity contribution in [2.24, 2.45) is 5.92 Å². The summed E-state index contributed by atoms with van der Waals surface area (Å²) in [7, 11) is 0. The largest absolute Gasteiger partial charge is 0.397 e. The van der Waals surface area contributed by atoms with Crippen molar-refractivity contribution in [1.29, 1.82) is 0 Å². The minimum Gasteiger partial charge on any atom is -0.397 e. The average molecular weight is 304 g/mol. The molecule has 21 heavy (non-hydrogen) atoms. The lowest BCUT2D eigenvalue weighted by atomic mass is 10.1. The van der Waals surface area contributed by atoms with Crippen LogP contribution in [0.15, 0.2) is 18.2 Å². The zero-order valence-corrected chi connectivity index (χ0v) is 14.1. The molecule has 4 heteroatoms. The van der Waals surface area contributed by atoms with Crippen LogP contribution < -0.4 is 5.73 Å². The fourth-order valence-electron chi connectivity index (χ4n) is 2.39. The second-order valence-corrected chi connectivity index (χ2v) is 6.75. The van der Waals surface area contributed by atoms with Gasteiger partial charge in [-0.3, -0.25) is 4.79 Å². The van der Waals surface area contributed by atoms with Gasteiger partial charge in [0.15, 0.2) is 0 Å². The van der Waals surface area contributed by atoms with E-state index in [-0.39, 0.29) is 5.91 Å². The van der Waals surface area contributed by atoms with Gasteiger partial charge in [-0.25, -0.2) is 0 Å². The van der Waals surface area contributed by atoms with Crippen LogP contribution in [0.1, 0.15) is 42.4 Å². The maximum absolute atomic E-state index is 12.8. The van der Waals surface area contributed by atoms with Crippen LogP contribution in [0, 0.1) is 12.8 Å². The molecular weight excluding hydrogens is 280 g/mol. The van der Waals surface area contributed by atoms with Gasteiger partial charge in [-0.2, -0.15) is 0 Å². The summed E-state index contributed by atoms with van der Waals surface area (Å²) in [4.78, 5) is 15.3. The number of hydrogen-bond acceptors (Lipinski definition) is 3. The highest BCUT2D eigenvalue weighted by Crippen LogP contribution is 2.35. The predicted octanol–water partition coefficient (Wildman–Crippen LogP) is 4.30. The molecule has 1 aromatic heterocycles. The van der Waals surface area contributed by atoms with E-state index in [0.29, 0.717) is 16.5 Å². The minimum absolute atomic E-state index is 0.0640. The Morgan fingerprint density at radius 3 is 2.71 bits per heavy atom. The molecule has 0 radical (unpaired) electrons. The summed E-state index contributed by atoms with van der Waals surface area (Å²) in [5.41, 5.74) is 8.02. The Kier molecular flexibility index (Phi) is 4.88. The number of amides is 1. The molecule has 0 spiro atoms. The number of nitrogen functional groups attached to an aromatic ring is 1. The van der Waals surface area contributed by atoms with Gasteiger partial charge >= 0.3 is 0 Å². The van der Waals surface area contributed by atoms with Crippen molar-refractivity contribution in [3.8, 4) is 0 Å². The molecule has 0 saturated carbocycles. The predicted molar refractivity (Wildman–Crippen MR) is 92.0 cm³/mol. The molecule has 1 unspecified atom stereocenters. The van der Waals surface area contributed by atoms with E-state index in [1.54, 1.807) is 0 Å². The van der Waals surface area contributed by atoms with E-state index in [1.165, 1.54) is 11.3 Å². The van der Waals surface area contributed by atoms with Gasteiger partial charge in [-0.15, -0.1) is 11.3 Å². The Labute approximate surface area is 130 Å². The number of nitrogens with two attached hydrogens (primary N) is 1. The Hall–Kier alpha value is -1.55. The first-order valence-electron chi connectivity index (χ1n) is 7.55. The summed E-state index contributed by atoms with van der Waals surface area (Å²) >= 11 is 1.50. The highest BCUT2D eigenvalue weighted by atomic mass is 32.1. The van der Waals surface area contributed by atoms with E-state index < -0.39 is 0 Å². The lowest BCUT2D eigenvalue weighted by Crippen LogP contribution is -2.34. The smallest absolute Gasteiger partial charge is 0.266 e. The fourth-order valence-corrected chi connectivity index (χ4v) is 3.47. The van der Waals surface area contributed by atoms with Crippen molar-refractivity contribution < 1.29 is 4.79 Å². The van der Waals surface area contributed by atoms with Gasteiger partial charge in [0.25, 0.3) is 5.91 Å². The molecule has 0 saturated heterocycles. The van der Waals surface area contributed by atoms with E-state index in [4.69, 9.17) is 5.73 Å². The lowest BCUT2D eigenvalue weighted by Gasteiger charge is -2.23. The molecule has 1 atom stereocenters. The molecule has 0 bridgehead atoms. The molecule has 0 aliphatic rings. The molecule has 2 rings (SSSR count). The highest BCUT2D eigenvalue weighted by Gasteiger charge is 2.22. The summed E-state index contributed by atoms with van der Waals surface area (Å²) in [6.45, 7) is 9.90. The summed E-state index contributed by atoms with van der Waals surface area (Å²) in [5, 5.41) is 1.00. The van der Waals surface area contributed by atoms with Crippen LogP contribution in [0.5, 0.6) is 0 Å². The van der Waals surface area contributed by atoms with E-state index in [0.717, 1.165) is 35.2 Å². The Balaban J connectivity index is 2.36. The second-order valence-electron chi connectivity index (χ2n) is 5.70. The number of thiophene rings is 1. The Morgan fingerprint density at radius 2 is 2.10 bits per heavy atom. The van der Waals surface area contributed by atoms with Crippen LogP contribution in [-0.4, -0.2) is 23.9 Å². The van der Waals surface area contributed by atoms with Gasteiger partial charge in [0, 0.05) is 23.2 Å². The van der Waals surface area contributed by atoms with Crippen molar-refractivity contribution in [2.75, 3.05) is 18.8 Å². The zero-order valence-electron chi connectivity index (χ0n) is 13.3. The molecule has 2 aromatic rings. The first-order valence-corrected chi connectivity index (χ1v) is 8.37. The van der Waals surface area contributed by atoms with Gasteiger partial charge in [0.2, 0.25) is 0 Å². The molecular formula is C17H24N2OS. The van der Waals surface area contributed by atoms with Gasteiger partial charge in [-0.1, -0.05) is 31.9 Å². The van der Waals surface area contributed by atoms with Crippen LogP contribution in [0.2, 0.25) is 0 Å². The van der Waals surface area contributed by atoms with Crippen LogP contribution in [0.3, 0.4) is 0 Å². The Bertz CT molecular complexity index is 648. The van der Waals surface area contributed by atoms with E-state index in [2.05, 4.69) is 26.0 Å². The fraction of sp³-hybridized carbons (Fsp3) is 0.471. The number of aryl methyl sites for hydroxylation is 1. The average Bonchev–Trinajstić information content (AvgIpc) is 2.80. The number of nitrogens with zero attached hydrogens (tertiary/aromatic N) is 1. The third-order valence-corrected chi connectivity index (χ3v) is 5.15. The van der Waals surface area contributed by atoms with Crippen molar-refractivity contribution in [3.63, 3.8) is 0 Å². The number of fused-ring (bicyclic) bond motifs is 1. The second kappa shape index (κ2) is 6.48. The zero-order chi connectivity index (χ0) is 15.6. The molecule has 3 nitrogen and oxygen atoms in total. The molecule has 2 N–H and O–H groups in total. The number of carbonyl (C=O) groups excluding carboxylic acids is 1. The van der Waals surface area contributed by atoms with Gasteiger partial charge in [0.05, 0.1) is 5.69 Å². The SMILES string of the molecule is CCC(C)CN(CC)C(=O)c1sc2ccc(C)cc2c1N. The topological polar surface area (TPSA) is 46.3 Å². The number of rotatable bonds is 5. The number of anilines is 1. The quantitative estimate of drug-likeness (QED) is 0.895. The summed E-state index contributed by atoms with van der Waals surface area (Å²) in [6.07, 6.45) is 1.07. The number of benzene rings is 1. The standard InChI is InChI=1S/C17H24N2OS/c1-5-11(3)10-19(6-2)17(20)16-15(18)13-9-12(4)7-8-14(13)21-16/h7-9,11H,5-6,10,18H2,1-4H3. The third kappa shape index (κ3) is 3.21. The van der Waals surface area contributed by atoms with Crippen molar-refractivity contribution in [3.05, 3.63) is 28.6 Å².